The van der Waals surface area contributed by atoms with Gasteiger partial charge in [-0.05, 0) is 36.4 Å². The molecule has 4 rings (SSSR count). The molecule has 0 saturated heterocycles. The van der Waals surface area contributed by atoms with Crippen LogP contribution in [0.25, 0.3) is 11.0 Å². The molecule has 1 atom stereocenters. The molecule has 4 aromatic rings. The summed E-state index contributed by atoms with van der Waals surface area (Å²) in [5.41, 5.74) is 1.31. The minimum Gasteiger partial charge on any atom is -0.448 e. The number of Topliss-reactive ketones (excluding diaryl/α,β-unsaturated/α-hetero) is 1. The number of aromatic nitrogens is 4. The predicted molar refractivity (Wildman–Crippen MR) is 102 cm³/mol. The molecule has 0 spiro atoms. The maximum absolute atomic E-state index is 14.2. The number of nitrogens with zero attached hydrogens (tertiary/aromatic N) is 4. The van der Waals surface area contributed by atoms with Crippen LogP contribution < -0.4 is 0 Å². The number of hydrogen-bond donors (Lipinski definition) is 0. The number of benzene rings is 2. The van der Waals surface area contributed by atoms with Gasteiger partial charge in [0, 0.05) is 12.4 Å². The SMILES string of the molecule is O=C(O[C@H](Cn1nnc2ccccc21)C(=O)c1ccccc1F)c1cccnc1. The molecule has 0 aliphatic rings. The Labute approximate surface area is 164 Å². The number of carbonyl (C=O) groups excluding carboxylic acids is 2. The summed E-state index contributed by atoms with van der Waals surface area (Å²) in [6, 6.07) is 15.8. The zero-order valence-corrected chi connectivity index (χ0v) is 15.1. The summed E-state index contributed by atoms with van der Waals surface area (Å²) in [7, 11) is 0. The van der Waals surface area contributed by atoms with E-state index in [4.69, 9.17) is 4.74 Å². The zero-order valence-electron chi connectivity index (χ0n) is 15.1. The lowest BCUT2D eigenvalue weighted by Crippen LogP contribution is -2.33. The lowest BCUT2D eigenvalue weighted by Gasteiger charge is -2.17. The molecule has 0 N–H and O–H groups in total. The number of halogens is 1. The minimum atomic E-state index is -1.30. The summed E-state index contributed by atoms with van der Waals surface area (Å²) in [5.74, 6) is -2.10. The van der Waals surface area contributed by atoms with Crippen LogP contribution in [-0.2, 0) is 11.3 Å². The zero-order chi connectivity index (χ0) is 20.2. The third-order valence-electron chi connectivity index (χ3n) is 4.34. The number of carbonyl (C=O) groups is 2. The van der Waals surface area contributed by atoms with Crippen molar-refractivity contribution >= 4 is 22.8 Å². The van der Waals surface area contributed by atoms with Crippen molar-refractivity contribution in [2.75, 3.05) is 0 Å². The second-order valence-electron chi connectivity index (χ2n) is 6.24. The molecular formula is C21H15FN4O3. The molecule has 0 unspecified atom stereocenters. The summed E-state index contributed by atoms with van der Waals surface area (Å²) in [4.78, 5) is 29.4. The Bertz CT molecular complexity index is 1180. The summed E-state index contributed by atoms with van der Waals surface area (Å²) in [5, 5.41) is 8.07. The van der Waals surface area contributed by atoms with E-state index in [1.165, 1.54) is 41.3 Å². The topological polar surface area (TPSA) is 87.0 Å². The molecule has 29 heavy (non-hydrogen) atoms. The first-order valence-electron chi connectivity index (χ1n) is 8.81. The van der Waals surface area contributed by atoms with Gasteiger partial charge in [0.2, 0.25) is 5.78 Å². The average molecular weight is 390 g/mol. The van der Waals surface area contributed by atoms with Crippen LogP contribution in [0.1, 0.15) is 20.7 Å². The Balaban J connectivity index is 1.67. The van der Waals surface area contributed by atoms with Gasteiger partial charge in [-0.3, -0.25) is 9.78 Å². The van der Waals surface area contributed by atoms with E-state index in [1.54, 1.807) is 30.3 Å². The Morgan fingerprint density at radius 3 is 2.62 bits per heavy atom. The Morgan fingerprint density at radius 1 is 1.03 bits per heavy atom. The number of para-hydroxylation sites is 1. The van der Waals surface area contributed by atoms with Crippen LogP contribution in [0.5, 0.6) is 0 Å². The molecule has 0 saturated carbocycles. The number of esters is 1. The van der Waals surface area contributed by atoms with Gasteiger partial charge >= 0.3 is 5.97 Å². The Kier molecular flexibility index (Phi) is 5.07. The smallest absolute Gasteiger partial charge is 0.340 e. The number of rotatable bonds is 6. The van der Waals surface area contributed by atoms with Crippen molar-refractivity contribution in [2.45, 2.75) is 12.6 Å². The van der Waals surface area contributed by atoms with E-state index in [-0.39, 0.29) is 17.7 Å². The number of pyridine rings is 1. The van der Waals surface area contributed by atoms with Gasteiger partial charge in [-0.25, -0.2) is 13.9 Å². The summed E-state index contributed by atoms with van der Waals surface area (Å²) in [6.45, 7) is -0.111. The van der Waals surface area contributed by atoms with Crippen molar-refractivity contribution < 1.29 is 18.7 Å². The largest absolute Gasteiger partial charge is 0.448 e. The van der Waals surface area contributed by atoms with E-state index in [1.807, 2.05) is 6.07 Å². The highest BCUT2D eigenvalue weighted by Crippen LogP contribution is 2.17. The molecule has 144 valence electrons. The fourth-order valence-corrected chi connectivity index (χ4v) is 2.90. The average Bonchev–Trinajstić information content (AvgIpc) is 3.16. The van der Waals surface area contributed by atoms with Gasteiger partial charge in [0.1, 0.15) is 11.3 Å². The van der Waals surface area contributed by atoms with E-state index < -0.39 is 23.7 Å². The second kappa shape index (κ2) is 7.97. The Hall–Kier alpha value is -3.94. The number of ketones is 1. The van der Waals surface area contributed by atoms with Crippen molar-refractivity contribution in [2.24, 2.45) is 0 Å². The van der Waals surface area contributed by atoms with Crippen LogP contribution >= 0.6 is 0 Å². The van der Waals surface area contributed by atoms with Crippen LogP contribution in [0, 0.1) is 5.82 Å². The van der Waals surface area contributed by atoms with E-state index in [0.717, 1.165) is 0 Å². The summed E-state index contributed by atoms with van der Waals surface area (Å²) < 4.78 is 21.1. The number of fused-ring (bicyclic) bond motifs is 1. The second-order valence-corrected chi connectivity index (χ2v) is 6.24. The third kappa shape index (κ3) is 3.86. The molecule has 0 fully saturated rings. The summed E-state index contributed by atoms with van der Waals surface area (Å²) >= 11 is 0. The maximum atomic E-state index is 14.2. The number of ether oxygens (including phenoxy) is 1. The van der Waals surface area contributed by atoms with E-state index in [0.29, 0.717) is 11.0 Å². The Morgan fingerprint density at radius 2 is 1.83 bits per heavy atom. The third-order valence-corrected chi connectivity index (χ3v) is 4.34. The van der Waals surface area contributed by atoms with Crippen molar-refractivity contribution in [3.05, 3.63) is 90.0 Å². The van der Waals surface area contributed by atoms with Crippen molar-refractivity contribution in [1.29, 1.82) is 0 Å². The van der Waals surface area contributed by atoms with Gasteiger partial charge < -0.3 is 4.74 Å². The summed E-state index contributed by atoms with van der Waals surface area (Å²) in [6.07, 6.45) is 1.54. The fourth-order valence-electron chi connectivity index (χ4n) is 2.90. The van der Waals surface area contributed by atoms with Crippen molar-refractivity contribution in [3.63, 3.8) is 0 Å². The fraction of sp³-hybridized carbons (Fsp3) is 0.0952. The molecule has 2 aromatic carbocycles. The van der Waals surface area contributed by atoms with Gasteiger partial charge in [-0.2, -0.15) is 0 Å². The van der Waals surface area contributed by atoms with Crippen LogP contribution in [0.4, 0.5) is 4.39 Å². The predicted octanol–water partition coefficient (Wildman–Crippen LogP) is 3.07. The molecule has 0 bridgehead atoms. The van der Waals surface area contributed by atoms with Crippen molar-refractivity contribution in [3.8, 4) is 0 Å². The van der Waals surface area contributed by atoms with E-state index >= 15 is 0 Å². The lowest BCUT2D eigenvalue weighted by atomic mass is 10.1. The van der Waals surface area contributed by atoms with Crippen LogP contribution in [0.15, 0.2) is 73.1 Å². The molecule has 2 aromatic heterocycles. The van der Waals surface area contributed by atoms with E-state index in [2.05, 4.69) is 15.3 Å². The first-order valence-corrected chi connectivity index (χ1v) is 8.81. The maximum Gasteiger partial charge on any atom is 0.340 e. The van der Waals surface area contributed by atoms with Crippen LogP contribution in [0.3, 0.4) is 0 Å². The molecule has 2 heterocycles. The van der Waals surface area contributed by atoms with Gasteiger partial charge in [-0.1, -0.05) is 29.5 Å². The van der Waals surface area contributed by atoms with Gasteiger partial charge in [0.25, 0.3) is 0 Å². The van der Waals surface area contributed by atoms with Crippen LogP contribution in [-0.4, -0.2) is 37.8 Å². The molecule has 0 aliphatic heterocycles. The van der Waals surface area contributed by atoms with E-state index in [9.17, 15) is 14.0 Å². The minimum absolute atomic E-state index is 0.111. The highest BCUT2D eigenvalue weighted by atomic mass is 19.1. The molecular weight excluding hydrogens is 375 g/mol. The van der Waals surface area contributed by atoms with Gasteiger partial charge in [0.15, 0.2) is 6.10 Å². The normalized spacial score (nSPS) is 11.9. The highest BCUT2D eigenvalue weighted by Gasteiger charge is 2.28. The number of hydrogen-bond acceptors (Lipinski definition) is 6. The lowest BCUT2D eigenvalue weighted by molar-refractivity contribution is 0.0242. The molecule has 0 aliphatic carbocycles. The first kappa shape index (κ1) is 18.4. The monoisotopic (exact) mass is 390 g/mol. The van der Waals surface area contributed by atoms with Gasteiger partial charge in [0.05, 0.1) is 23.2 Å². The quantitative estimate of drug-likeness (QED) is 0.371. The molecule has 7 nitrogen and oxygen atoms in total. The molecule has 8 heteroatoms. The van der Waals surface area contributed by atoms with Crippen LogP contribution in [0.2, 0.25) is 0 Å². The standard InChI is InChI=1S/C21H15FN4O3/c22-16-8-2-1-7-15(16)20(27)19(29-21(28)14-6-5-11-23-12-14)13-26-18-10-4-3-9-17(18)24-25-26/h1-12,19H,13H2/t19-/m1/s1. The highest BCUT2D eigenvalue weighted by molar-refractivity contribution is 6.01. The van der Waals surface area contributed by atoms with Gasteiger partial charge in [-0.15, -0.1) is 5.10 Å². The van der Waals surface area contributed by atoms with Crippen molar-refractivity contribution in [1.82, 2.24) is 20.0 Å². The molecule has 0 amide bonds. The molecule has 0 radical (unpaired) electrons. The first-order chi connectivity index (χ1) is 14.1.